The van der Waals surface area contributed by atoms with E-state index >= 15 is 0 Å². The summed E-state index contributed by atoms with van der Waals surface area (Å²) in [5, 5.41) is 3.60. The molecule has 0 spiro atoms. The summed E-state index contributed by atoms with van der Waals surface area (Å²) in [6, 6.07) is 2.19. The molecular formula is C6H4SSe. The molecule has 0 N–H and O–H groups in total. The van der Waals surface area contributed by atoms with Gasteiger partial charge in [0, 0.05) is 0 Å². The molecular weight excluding hydrogens is 183 g/mol. The molecule has 2 rings (SSSR count). The zero-order valence-corrected chi connectivity index (χ0v) is 6.66. The van der Waals surface area contributed by atoms with Gasteiger partial charge in [0.15, 0.2) is 0 Å². The van der Waals surface area contributed by atoms with E-state index in [0.717, 1.165) is 0 Å². The van der Waals surface area contributed by atoms with Gasteiger partial charge in [0.05, 0.1) is 0 Å². The minimum atomic E-state index is 0.669. The van der Waals surface area contributed by atoms with Crippen molar-refractivity contribution in [2.45, 2.75) is 0 Å². The fourth-order valence-electron chi connectivity index (χ4n) is 0.693. The third-order valence-corrected chi connectivity index (χ3v) is 3.91. The van der Waals surface area contributed by atoms with Crippen LogP contribution >= 0.6 is 11.3 Å². The van der Waals surface area contributed by atoms with Crippen LogP contribution in [0.25, 0.3) is 10.1 Å². The zero-order chi connectivity index (χ0) is 5.40. The molecule has 0 fully saturated rings. The first-order chi connectivity index (χ1) is 3.97. The Kier molecular flexibility index (Phi) is 1.04. The maximum absolute atomic E-state index is 2.33. The average Bonchev–Trinajstić information content (AvgIpc) is 2.15. The fourth-order valence-corrected chi connectivity index (χ4v) is 3.61. The van der Waals surface area contributed by atoms with Crippen molar-refractivity contribution in [3.63, 3.8) is 0 Å². The molecule has 2 heteroatoms. The van der Waals surface area contributed by atoms with Gasteiger partial charge in [0.2, 0.25) is 0 Å². The molecule has 0 unspecified atom stereocenters. The number of rotatable bonds is 0. The quantitative estimate of drug-likeness (QED) is 0.553. The van der Waals surface area contributed by atoms with Crippen molar-refractivity contribution in [1.82, 2.24) is 0 Å². The van der Waals surface area contributed by atoms with Crippen LogP contribution in [0.5, 0.6) is 0 Å². The maximum atomic E-state index is 2.33. The SMILES string of the molecule is c1cc2c[se]cc2s1. The Morgan fingerprint density at radius 2 is 2.38 bits per heavy atom. The number of hydrogen-bond donors (Lipinski definition) is 0. The van der Waals surface area contributed by atoms with Gasteiger partial charge in [-0.25, -0.2) is 0 Å². The van der Waals surface area contributed by atoms with Crippen molar-refractivity contribution in [2.24, 2.45) is 0 Å². The second-order valence-corrected chi connectivity index (χ2v) is 4.12. The van der Waals surface area contributed by atoms with Gasteiger partial charge in [-0.05, 0) is 0 Å². The monoisotopic (exact) mass is 188 g/mol. The van der Waals surface area contributed by atoms with E-state index in [0.29, 0.717) is 14.5 Å². The summed E-state index contributed by atoms with van der Waals surface area (Å²) in [6.45, 7) is 0. The Bertz CT molecular complexity index is 230. The van der Waals surface area contributed by atoms with Crippen LogP contribution in [0, 0.1) is 0 Å². The summed E-state index contributed by atoms with van der Waals surface area (Å²) in [7, 11) is 0. The predicted molar refractivity (Wildman–Crippen MR) is 38.8 cm³/mol. The molecule has 0 nitrogen and oxygen atoms in total. The van der Waals surface area contributed by atoms with Crippen molar-refractivity contribution in [1.29, 1.82) is 0 Å². The second kappa shape index (κ2) is 1.73. The Labute approximate surface area is 57.5 Å². The van der Waals surface area contributed by atoms with Gasteiger partial charge < -0.3 is 0 Å². The molecule has 8 heavy (non-hydrogen) atoms. The molecule has 0 aliphatic heterocycles. The third-order valence-electron chi connectivity index (χ3n) is 1.10. The minimum absolute atomic E-state index is 0.669. The van der Waals surface area contributed by atoms with Crippen LogP contribution in [0.2, 0.25) is 0 Å². The molecule has 0 saturated carbocycles. The second-order valence-electron chi connectivity index (χ2n) is 1.61. The van der Waals surface area contributed by atoms with Crippen molar-refractivity contribution >= 4 is 35.9 Å². The molecule has 0 radical (unpaired) electrons. The molecule has 2 aromatic rings. The first-order valence-electron chi connectivity index (χ1n) is 2.36. The first-order valence-corrected chi connectivity index (χ1v) is 5.22. The number of fused-ring (bicyclic) bond motifs is 1. The normalized spacial score (nSPS) is 10.5. The van der Waals surface area contributed by atoms with E-state index in [1.54, 1.807) is 0 Å². The Morgan fingerprint density at radius 3 is 3.25 bits per heavy atom. The molecule has 0 saturated heterocycles. The van der Waals surface area contributed by atoms with Crippen LogP contribution in [-0.4, -0.2) is 14.5 Å². The van der Waals surface area contributed by atoms with Crippen LogP contribution in [0.4, 0.5) is 0 Å². The van der Waals surface area contributed by atoms with E-state index in [-0.39, 0.29) is 0 Å². The van der Waals surface area contributed by atoms with Crippen LogP contribution in [0.15, 0.2) is 21.3 Å². The van der Waals surface area contributed by atoms with Gasteiger partial charge in [-0.15, -0.1) is 0 Å². The Balaban J connectivity index is 3.06. The van der Waals surface area contributed by atoms with E-state index < -0.39 is 0 Å². The summed E-state index contributed by atoms with van der Waals surface area (Å²) in [4.78, 5) is 4.64. The summed E-state index contributed by atoms with van der Waals surface area (Å²) in [5.41, 5.74) is 0. The fraction of sp³-hybridized carbons (Fsp3) is 0. The van der Waals surface area contributed by atoms with Crippen LogP contribution in [0.3, 0.4) is 0 Å². The standard InChI is InChI=1S/C6H4SSe/c1-2-7-6-4-8-3-5(1)6/h1-4H. The van der Waals surface area contributed by atoms with Crippen molar-refractivity contribution in [2.75, 3.05) is 0 Å². The summed E-state index contributed by atoms with van der Waals surface area (Å²) < 4.78 is 1.48. The molecule has 0 atom stereocenters. The van der Waals surface area contributed by atoms with Crippen molar-refractivity contribution in [3.8, 4) is 0 Å². The van der Waals surface area contributed by atoms with Crippen molar-refractivity contribution < 1.29 is 0 Å². The van der Waals surface area contributed by atoms with Crippen LogP contribution < -0.4 is 0 Å². The van der Waals surface area contributed by atoms with Gasteiger partial charge in [0.1, 0.15) is 0 Å². The third kappa shape index (κ3) is 0.575. The predicted octanol–water partition coefficient (Wildman–Crippen LogP) is 1.96. The molecule has 40 valence electrons. The van der Waals surface area contributed by atoms with E-state index in [9.17, 15) is 0 Å². The Hall–Kier alpha value is -0.0405. The van der Waals surface area contributed by atoms with E-state index in [1.165, 1.54) is 10.1 Å². The average molecular weight is 187 g/mol. The van der Waals surface area contributed by atoms with Gasteiger partial charge in [-0.2, -0.15) is 0 Å². The van der Waals surface area contributed by atoms with E-state index in [4.69, 9.17) is 0 Å². The van der Waals surface area contributed by atoms with Gasteiger partial charge in [-0.1, -0.05) is 0 Å². The Morgan fingerprint density at radius 1 is 1.38 bits per heavy atom. The van der Waals surface area contributed by atoms with E-state index in [2.05, 4.69) is 21.3 Å². The van der Waals surface area contributed by atoms with Gasteiger partial charge in [-0.3, -0.25) is 0 Å². The molecule has 2 heterocycles. The molecule has 2 aromatic heterocycles. The van der Waals surface area contributed by atoms with Crippen LogP contribution in [0.1, 0.15) is 0 Å². The number of hydrogen-bond acceptors (Lipinski definition) is 1. The number of thiophene rings is 1. The molecule has 0 aromatic carbocycles. The van der Waals surface area contributed by atoms with E-state index in [1.807, 2.05) is 11.3 Å². The van der Waals surface area contributed by atoms with Gasteiger partial charge in [0.25, 0.3) is 0 Å². The first kappa shape index (κ1) is 4.80. The summed E-state index contributed by atoms with van der Waals surface area (Å²) in [6.07, 6.45) is 0. The molecule has 0 amide bonds. The molecule has 0 aliphatic rings. The molecule has 0 bridgehead atoms. The van der Waals surface area contributed by atoms with Crippen molar-refractivity contribution in [3.05, 3.63) is 21.3 Å². The topological polar surface area (TPSA) is 0 Å². The van der Waals surface area contributed by atoms with Crippen LogP contribution in [-0.2, 0) is 0 Å². The van der Waals surface area contributed by atoms with Gasteiger partial charge >= 0.3 is 57.3 Å². The summed E-state index contributed by atoms with van der Waals surface area (Å²) >= 11 is 2.51. The molecule has 0 aliphatic carbocycles. The summed E-state index contributed by atoms with van der Waals surface area (Å²) in [5.74, 6) is 0. The zero-order valence-electron chi connectivity index (χ0n) is 4.13.